The molecule has 0 saturated carbocycles. The van der Waals surface area contributed by atoms with Crippen molar-refractivity contribution in [3.63, 3.8) is 0 Å². The summed E-state index contributed by atoms with van der Waals surface area (Å²) in [5.74, 6) is -1.77. The fraction of sp³-hybridized carbons (Fsp3) is 0.100. The van der Waals surface area contributed by atoms with E-state index in [1.807, 2.05) is 0 Å². The minimum atomic E-state index is -1.11. The van der Waals surface area contributed by atoms with Crippen LogP contribution in [0.4, 0.5) is 0 Å². The van der Waals surface area contributed by atoms with Crippen molar-refractivity contribution < 1.29 is 24.2 Å². The molecule has 1 aliphatic rings. The van der Waals surface area contributed by atoms with Gasteiger partial charge in [0.05, 0.1) is 10.5 Å². The Kier molecular flexibility index (Phi) is 6.91. The molecule has 2 N–H and O–H groups in total. The highest BCUT2D eigenvalue weighted by Gasteiger charge is 2.34. The minimum Gasteiger partial charge on any atom is -0.479 e. The molecule has 3 rings (SSSR count). The van der Waals surface area contributed by atoms with Gasteiger partial charge in [-0.2, -0.15) is 5.01 Å². The average molecular weight is 507 g/mol. The lowest BCUT2D eigenvalue weighted by molar-refractivity contribution is -0.144. The largest absolute Gasteiger partial charge is 0.479 e. The molecule has 1 unspecified atom stereocenters. The number of para-hydroxylation sites is 1. The first-order valence-electron chi connectivity index (χ1n) is 8.60. The van der Waals surface area contributed by atoms with Gasteiger partial charge in [0.25, 0.3) is 11.8 Å². The highest BCUT2D eigenvalue weighted by molar-refractivity contribution is 9.10. The zero-order valence-electron chi connectivity index (χ0n) is 15.5. The zero-order chi connectivity index (χ0) is 21.8. The van der Waals surface area contributed by atoms with Crippen LogP contribution in [0.1, 0.15) is 22.8 Å². The van der Waals surface area contributed by atoms with Crippen LogP contribution >= 0.6 is 39.9 Å². The number of benzene rings is 2. The summed E-state index contributed by atoms with van der Waals surface area (Å²) in [7, 11) is 0. The fourth-order valence-electron chi connectivity index (χ4n) is 2.46. The summed E-state index contributed by atoms with van der Waals surface area (Å²) in [5, 5.41) is 10.1. The minimum absolute atomic E-state index is 0.170. The van der Waals surface area contributed by atoms with Crippen LogP contribution in [0.2, 0.25) is 0 Å². The lowest BCUT2D eigenvalue weighted by Gasteiger charge is -2.16. The standard InChI is InChI=1S/C20H15BrN2O5S2/c1-11(19(26)27)28-15-9-5-2-6-12(15)10-16-18(25)23(20(29)30-16)22-17(24)13-7-3-4-8-14(13)21/h2-11H,1H3,(H,22,24)(H,26,27)/b16-10+. The normalized spacial score (nSPS) is 15.9. The quantitative estimate of drug-likeness (QED) is 0.453. The smallest absolute Gasteiger partial charge is 0.344 e. The van der Waals surface area contributed by atoms with Gasteiger partial charge in [-0.05, 0) is 59.3 Å². The number of hydrogen-bond donors (Lipinski definition) is 2. The summed E-state index contributed by atoms with van der Waals surface area (Å²) in [6, 6.07) is 13.5. The van der Waals surface area contributed by atoms with E-state index in [0.717, 1.165) is 16.8 Å². The van der Waals surface area contributed by atoms with Crippen molar-refractivity contribution in [3.8, 4) is 5.75 Å². The summed E-state index contributed by atoms with van der Waals surface area (Å²) in [4.78, 5) is 36.7. The molecule has 1 atom stereocenters. The third-order valence-corrected chi connectivity index (χ3v) is 5.98. The monoisotopic (exact) mass is 506 g/mol. The summed E-state index contributed by atoms with van der Waals surface area (Å²) in [6.45, 7) is 1.41. The number of carboxylic acids is 1. The maximum Gasteiger partial charge on any atom is 0.344 e. The van der Waals surface area contributed by atoms with Crippen LogP contribution in [0, 0.1) is 0 Å². The average Bonchev–Trinajstić information content (AvgIpc) is 2.97. The molecule has 30 heavy (non-hydrogen) atoms. The van der Waals surface area contributed by atoms with Crippen molar-refractivity contribution in [2.24, 2.45) is 0 Å². The molecule has 0 bridgehead atoms. The third-order valence-electron chi connectivity index (χ3n) is 3.98. The number of ether oxygens (including phenoxy) is 1. The van der Waals surface area contributed by atoms with Crippen molar-refractivity contribution in [1.29, 1.82) is 0 Å². The summed E-state index contributed by atoms with van der Waals surface area (Å²) < 4.78 is 6.21. The molecule has 1 heterocycles. The van der Waals surface area contributed by atoms with Crippen molar-refractivity contribution in [2.75, 3.05) is 0 Å². The zero-order valence-corrected chi connectivity index (χ0v) is 18.7. The van der Waals surface area contributed by atoms with Gasteiger partial charge in [-0.15, -0.1) is 0 Å². The van der Waals surface area contributed by atoms with Gasteiger partial charge < -0.3 is 9.84 Å². The van der Waals surface area contributed by atoms with E-state index in [1.165, 1.54) is 6.92 Å². The topological polar surface area (TPSA) is 95.9 Å². The van der Waals surface area contributed by atoms with Crippen LogP contribution in [-0.2, 0) is 9.59 Å². The molecule has 2 aromatic rings. The van der Waals surface area contributed by atoms with Gasteiger partial charge in [-0.1, -0.05) is 42.1 Å². The number of thiocarbonyl (C=S) groups is 1. The SMILES string of the molecule is CC(Oc1ccccc1/C=C1/SC(=S)N(NC(=O)c2ccccc2Br)C1=O)C(=O)O. The third kappa shape index (κ3) is 4.89. The van der Waals surface area contributed by atoms with E-state index in [0.29, 0.717) is 21.3 Å². The van der Waals surface area contributed by atoms with E-state index in [9.17, 15) is 14.4 Å². The van der Waals surface area contributed by atoms with Crippen molar-refractivity contribution in [1.82, 2.24) is 10.4 Å². The van der Waals surface area contributed by atoms with E-state index in [1.54, 1.807) is 54.6 Å². The Labute approximate surface area is 190 Å². The number of rotatable bonds is 6. The second-order valence-electron chi connectivity index (χ2n) is 6.07. The maximum absolute atomic E-state index is 12.8. The molecule has 154 valence electrons. The number of nitrogens with one attached hydrogen (secondary N) is 1. The highest BCUT2D eigenvalue weighted by atomic mass is 79.9. The Balaban J connectivity index is 1.81. The molecule has 0 aromatic heterocycles. The molecule has 0 aliphatic carbocycles. The van der Waals surface area contributed by atoms with Gasteiger partial charge in [-0.25, -0.2) is 4.79 Å². The van der Waals surface area contributed by atoms with E-state index >= 15 is 0 Å². The van der Waals surface area contributed by atoms with E-state index in [4.69, 9.17) is 22.1 Å². The molecule has 2 amide bonds. The van der Waals surface area contributed by atoms with Gasteiger partial charge in [0.1, 0.15) is 5.75 Å². The number of carboxylic acid groups (broad SMARTS) is 1. The Bertz CT molecular complexity index is 1070. The predicted octanol–water partition coefficient (Wildman–Crippen LogP) is 3.85. The lowest BCUT2D eigenvalue weighted by atomic mass is 10.2. The predicted molar refractivity (Wildman–Crippen MR) is 121 cm³/mol. The first kappa shape index (κ1) is 22.0. The number of hydrazine groups is 1. The molecule has 1 aliphatic heterocycles. The first-order chi connectivity index (χ1) is 14.3. The Morgan fingerprint density at radius 2 is 1.90 bits per heavy atom. The maximum atomic E-state index is 12.8. The molecule has 1 saturated heterocycles. The number of carbonyl (C=O) groups excluding carboxylic acids is 2. The van der Waals surface area contributed by atoms with Crippen LogP contribution in [0.5, 0.6) is 5.75 Å². The molecule has 2 aromatic carbocycles. The van der Waals surface area contributed by atoms with Crippen LogP contribution < -0.4 is 10.2 Å². The van der Waals surface area contributed by atoms with Gasteiger partial charge in [-0.3, -0.25) is 15.0 Å². The number of amides is 2. The van der Waals surface area contributed by atoms with Gasteiger partial charge in [0.15, 0.2) is 10.4 Å². The lowest BCUT2D eigenvalue weighted by Crippen LogP contribution is -2.44. The number of halogens is 1. The number of aliphatic carboxylic acids is 1. The van der Waals surface area contributed by atoms with E-state index < -0.39 is 23.9 Å². The number of thioether (sulfide) groups is 1. The summed E-state index contributed by atoms with van der Waals surface area (Å²) in [5.41, 5.74) is 3.39. The molecule has 1 fully saturated rings. The second-order valence-corrected chi connectivity index (χ2v) is 8.60. The summed E-state index contributed by atoms with van der Waals surface area (Å²) >= 11 is 9.56. The van der Waals surface area contributed by atoms with Gasteiger partial charge in [0.2, 0.25) is 0 Å². The van der Waals surface area contributed by atoms with Crippen LogP contribution in [-0.4, -0.2) is 38.3 Å². The number of hydrogen-bond acceptors (Lipinski definition) is 6. The van der Waals surface area contributed by atoms with E-state index in [-0.39, 0.29) is 9.23 Å². The van der Waals surface area contributed by atoms with Crippen molar-refractivity contribution in [2.45, 2.75) is 13.0 Å². The van der Waals surface area contributed by atoms with Crippen LogP contribution in [0.25, 0.3) is 6.08 Å². The Hall–Kier alpha value is -2.69. The number of nitrogens with zero attached hydrogens (tertiary/aromatic N) is 1. The van der Waals surface area contributed by atoms with Gasteiger partial charge in [0, 0.05) is 10.0 Å². The van der Waals surface area contributed by atoms with Crippen molar-refractivity contribution in [3.05, 3.63) is 69.0 Å². The highest BCUT2D eigenvalue weighted by Crippen LogP contribution is 2.33. The molecule has 0 spiro atoms. The van der Waals surface area contributed by atoms with Gasteiger partial charge >= 0.3 is 5.97 Å². The van der Waals surface area contributed by atoms with Crippen LogP contribution in [0.3, 0.4) is 0 Å². The first-order valence-corrected chi connectivity index (χ1v) is 10.6. The fourth-order valence-corrected chi connectivity index (χ4v) is 4.10. The Morgan fingerprint density at radius 1 is 1.23 bits per heavy atom. The van der Waals surface area contributed by atoms with Crippen LogP contribution in [0.15, 0.2) is 57.9 Å². The molecular weight excluding hydrogens is 492 g/mol. The number of carbonyl (C=O) groups is 3. The summed E-state index contributed by atoms with van der Waals surface area (Å²) in [6.07, 6.45) is 0.492. The van der Waals surface area contributed by atoms with Crippen molar-refractivity contribution >= 4 is 68.1 Å². The Morgan fingerprint density at radius 3 is 2.60 bits per heavy atom. The second kappa shape index (κ2) is 9.41. The molecule has 0 radical (unpaired) electrons. The molecular formula is C20H15BrN2O5S2. The molecule has 7 nitrogen and oxygen atoms in total. The molecule has 10 heteroatoms. The van der Waals surface area contributed by atoms with E-state index in [2.05, 4.69) is 21.4 Å².